The zero-order valence-corrected chi connectivity index (χ0v) is 11.2. The van der Waals surface area contributed by atoms with Gasteiger partial charge in [-0.25, -0.2) is 0 Å². The summed E-state index contributed by atoms with van der Waals surface area (Å²) in [6.45, 7) is 0.446. The van der Waals surface area contributed by atoms with Gasteiger partial charge in [-0.1, -0.05) is 36.4 Å². The number of rotatable bonds is 4. The van der Waals surface area contributed by atoms with Crippen LogP contribution in [0.3, 0.4) is 0 Å². The predicted molar refractivity (Wildman–Crippen MR) is 73.4 cm³/mol. The van der Waals surface area contributed by atoms with E-state index in [1.165, 1.54) is 0 Å². The fourth-order valence-corrected chi connectivity index (χ4v) is 2.12. The molecule has 0 heterocycles. The van der Waals surface area contributed by atoms with Gasteiger partial charge in [0.25, 0.3) is 0 Å². The first-order valence-electron chi connectivity index (χ1n) is 5.43. The van der Waals surface area contributed by atoms with E-state index in [0.29, 0.717) is 22.4 Å². The van der Waals surface area contributed by atoms with Gasteiger partial charge in [0.05, 0.1) is 10.0 Å². The number of carbonyl (C=O) groups is 1. The number of amides is 1. The third-order valence-electron chi connectivity index (χ3n) is 2.47. The molecule has 0 atom stereocenters. The van der Waals surface area contributed by atoms with E-state index in [-0.39, 0.29) is 0 Å². The van der Waals surface area contributed by atoms with Gasteiger partial charge in [0.1, 0.15) is 12.4 Å². The van der Waals surface area contributed by atoms with Crippen LogP contribution in [0.4, 0.5) is 0 Å². The molecule has 18 heavy (non-hydrogen) atoms. The molecule has 92 valence electrons. The van der Waals surface area contributed by atoms with Crippen molar-refractivity contribution in [2.45, 2.75) is 6.61 Å². The number of nitrogens with two attached hydrogens (primary N) is 1. The summed E-state index contributed by atoms with van der Waals surface area (Å²) in [5, 5.41) is 0. The minimum absolute atomic E-state index is 0.417. The molecule has 0 aliphatic rings. The summed E-state index contributed by atoms with van der Waals surface area (Å²) in [5.41, 5.74) is 6.75. The van der Waals surface area contributed by atoms with Gasteiger partial charge >= 0.3 is 0 Å². The average molecular weight is 306 g/mol. The Morgan fingerprint density at radius 1 is 1.11 bits per heavy atom. The fraction of sp³-hybridized carbons (Fsp3) is 0.0714. The fourth-order valence-electron chi connectivity index (χ4n) is 1.55. The highest BCUT2D eigenvalue weighted by molar-refractivity contribution is 9.10. The number of primary amides is 1. The molecule has 0 aromatic heterocycles. The predicted octanol–water partition coefficient (Wildman–Crippen LogP) is 3.13. The van der Waals surface area contributed by atoms with E-state index in [2.05, 4.69) is 15.9 Å². The highest BCUT2D eigenvalue weighted by Crippen LogP contribution is 2.28. The zero-order valence-electron chi connectivity index (χ0n) is 9.60. The molecule has 2 N–H and O–H groups in total. The monoisotopic (exact) mass is 305 g/mol. The molecule has 1 amide bonds. The van der Waals surface area contributed by atoms with Crippen LogP contribution >= 0.6 is 15.9 Å². The lowest BCUT2D eigenvalue weighted by Gasteiger charge is -2.10. The molecule has 0 bridgehead atoms. The van der Waals surface area contributed by atoms with Gasteiger partial charge in [-0.3, -0.25) is 4.79 Å². The number of benzene rings is 2. The molecule has 2 rings (SSSR count). The van der Waals surface area contributed by atoms with E-state index < -0.39 is 5.91 Å². The second kappa shape index (κ2) is 5.69. The van der Waals surface area contributed by atoms with Gasteiger partial charge in [0.15, 0.2) is 0 Å². The van der Waals surface area contributed by atoms with Crippen LogP contribution in [0.15, 0.2) is 53.0 Å². The number of carbonyl (C=O) groups excluding carboxylic acids is 1. The third kappa shape index (κ3) is 2.90. The van der Waals surface area contributed by atoms with Gasteiger partial charge in [-0.15, -0.1) is 0 Å². The zero-order chi connectivity index (χ0) is 13.0. The molecule has 0 saturated heterocycles. The Labute approximate surface area is 114 Å². The van der Waals surface area contributed by atoms with Crippen molar-refractivity contribution in [3.8, 4) is 5.75 Å². The third-order valence-corrected chi connectivity index (χ3v) is 3.28. The Morgan fingerprint density at radius 2 is 1.83 bits per heavy atom. The Bertz CT molecular complexity index is 555. The second-order valence-electron chi connectivity index (χ2n) is 3.76. The molecular weight excluding hydrogens is 294 g/mol. The minimum Gasteiger partial charge on any atom is -0.488 e. The first-order chi connectivity index (χ1) is 8.68. The Kier molecular flexibility index (Phi) is 3.99. The Balaban J connectivity index is 2.15. The summed E-state index contributed by atoms with van der Waals surface area (Å²) in [4.78, 5) is 11.2. The summed E-state index contributed by atoms with van der Waals surface area (Å²) in [7, 11) is 0. The summed E-state index contributed by atoms with van der Waals surface area (Å²) in [5.74, 6) is 0.127. The maximum Gasteiger partial charge on any atom is 0.249 e. The number of hydrogen-bond acceptors (Lipinski definition) is 2. The quantitative estimate of drug-likeness (QED) is 0.943. The SMILES string of the molecule is NC(=O)c1cccc(OCc2ccccc2)c1Br. The minimum atomic E-state index is -0.480. The van der Waals surface area contributed by atoms with E-state index in [9.17, 15) is 4.79 Å². The molecule has 0 aliphatic heterocycles. The summed E-state index contributed by atoms with van der Waals surface area (Å²) in [6.07, 6.45) is 0. The first-order valence-corrected chi connectivity index (χ1v) is 6.23. The molecule has 0 saturated carbocycles. The van der Waals surface area contributed by atoms with Crippen LogP contribution in [0.1, 0.15) is 15.9 Å². The van der Waals surface area contributed by atoms with Crippen LogP contribution in [0, 0.1) is 0 Å². The van der Waals surface area contributed by atoms with Crippen LogP contribution < -0.4 is 10.5 Å². The van der Waals surface area contributed by atoms with E-state index in [1.54, 1.807) is 18.2 Å². The van der Waals surface area contributed by atoms with Crippen LogP contribution in [0.25, 0.3) is 0 Å². The molecule has 2 aromatic rings. The van der Waals surface area contributed by atoms with E-state index in [0.717, 1.165) is 5.56 Å². The second-order valence-corrected chi connectivity index (χ2v) is 4.55. The van der Waals surface area contributed by atoms with Gasteiger partial charge in [-0.2, -0.15) is 0 Å². The van der Waals surface area contributed by atoms with E-state index in [4.69, 9.17) is 10.5 Å². The van der Waals surface area contributed by atoms with Gasteiger partial charge in [-0.05, 0) is 33.6 Å². The normalized spacial score (nSPS) is 10.1. The van der Waals surface area contributed by atoms with Crippen molar-refractivity contribution in [1.29, 1.82) is 0 Å². The van der Waals surface area contributed by atoms with Crippen LogP contribution in [0.5, 0.6) is 5.75 Å². The largest absolute Gasteiger partial charge is 0.488 e. The van der Waals surface area contributed by atoms with Gasteiger partial charge < -0.3 is 10.5 Å². The topological polar surface area (TPSA) is 52.3 Å². The maximum atomic E-state index is 11.2. The lowest BCUT2D eigenvalue weighted by molar-refractivity contribution is 0.0999. The molecule has 0 aliphatic carbocycles. The summed E-state index contributed by atoms with van der Waals surface area (Å²) < 4.78 is 6.25. The number of halogens is 1. The van der Waals surface area contributed by atoms with Crippen LogP contribution in [0.2, 0.25) is 0 Å². The smallest absolute Gasteiger partial charge is 0.249 e. The number of ether oxygens (including phenoxy) is 1. The maximum absolute atomic E-state index is 11.2. The van der Waals surface area contributed by atoms with Crippen molar-refractivity contribution >= 4 is 21.8 Å². The molecule has 0 spiro atoms. The molecule has 3 nitrogen and oxygen atoms in total. The molecule has 0 unspecified atom stereocenters. The van der Waals surface area contributed by atoms with Crippen molar-refractivity contribution in [1.82, 2.24) is 0 Å². The lowest BCUT2D eigenvalue weighted by Crippen LogP contribution is -2.12. The standard InChI is InChI=1S/C14H12BrNO2/c15-13-11(14(16)17)7-4-8-12(13)18-9-10-5-2-1-3-6-10/h1-8H,9H2,(H2,16,17). The van der Waals surface area contributed by atoms with E-state index >= 15 is 0 Å². The van der Waals surface area contributed by atoms with Crippen molar-refractivity contribution in [3.63, 3.8) is 0 Å². The summed E-state index contributed by atoms with van der Waals surface area (Å²) >= 11 is 3.33. The van der Waals surface area contributed by atoms with Gasteiger partial charge in [0.2, 0.25) is 5.91 Å². The van der Waals surface area contributed by atoms with Gasteiger partial charge in [0, 0.05) is 0 Å². The van der Waals surface area contributed by atoms with Crippen molar-refractivity contribution in [3.05, 3.63) is 64.1 Å². The van der Waals surface area contributed by atoms with Crippen molar-refractivity contribution in [2.75, 3.05) is 0 Å². The molecule has 0 radical (unpaired) electrons. The molecular formula is C14H12BrNO2. The molecule has 0 fully saturated rings. The lowest BCUT2D eigenvalue weighted by atomic mass is 10.2. The molecule has 2 aromatic carbocycles. The molecule has 4 heteroatoms. The first kappa shape index (κ1) is 12.6. The Morgan fingerprint density at radius 3 is 2.50 bits per heavy atom. The highest BCUT2D eigenvalue weighted by Gasteiger charge is 2.10. The summed E-state index contributed by atoms with van der Waals surface area (Å²) in [6, 6.07) is 15.0. The van der Waals surface area contributed by atoms with E-state index in [1.807, 2.05) is 30.3 Å². The average Bonchev–Trinajstić information content (AvgIpc) is 2.38. The van der Waals surface area contributed by atoms with Crippen LogP contribution in [-0.4, -0.2) is 5.91 Å². The Hall–Kier alpha value is -1.81. The number of hydrogen-bond donors (Lipinski definition) is 1. The van der Waals surface area contributed by atoms with Crippen molar-refractivity contribution < 1.29 is 9.53 Å². The van der Waals surface area contributed by atoms with Crippen LogP contribution in [-0.2, 0) is 6.61 Å². The highest BCUT2D eigenvalue weighted by atomic mass is 79.9. The van der Waals surface area contributed by atoms with Crippen molar-refractivity contribution in [2.24, 2.45) is 5.73 Å².